The van der Waals surface area contributed by atoms with Crippen molar-refractivity contribution in [3.05, 3.63) is 65.5 Å². The van der Waals surface area contributed by atoms with Crippen molar-refractivity contribution in [2.75, 3.05) is 19.6 Å². The zero-order valence-electron chi connectivity index (χ0n) is 16.8. The molecule has 0 aliphatic rings. The van der Waals surface area contributed by atoms with Gasteiger partial charge in [0, 0.05) is 13.1 Å². The second-order valence-electron chi connectivity index (χ2n) is 6.77. The molecule has 0 fully saturated rings. The second-order valence-corrected chi connectivity index (χ2v) is 6.77. The Morgan fingerprint density at radius 2 is 1.75 bits per heavy atom. The number of halogens is 1. The molecule has 0 bridgehead atoms. The third kappa shape index (κ3) is 7.56. The molecule has 2 rings (SSSR count). The molecule has 0 spiro atoms. The highest BCUT2D eigenvalue weighted by Gasteiger charge is 2.08. The SMILES string of the molecule is CCNC(=NCC(O)c1ccc(OC(C)C)cc1)NCCc1ccc(F)cc1. The minimum absolute atomic E-state index is 0.115. The van der Waals surface area contributed by atoms with Crippen molar-refractivity contribution in [3.63, 3.8) is 0 Å². The molecule has 0 aliphatic carbocycles. The maximum Gasteiger partial charge on any atom is 0.191 e. The van der Waals surface area contributed by atoms with Gasteiger partial charge in [-0.2, -0.15) is 0 Å². The summed E-state index contributed by atoms with van der Waals surface area (Å²) in [5.74, 6) is 1.19. The van der Waals surface area contributed by atoms with Crippen LogP contribution in [-0.4, -0.2) is 36.8 Å². The average Bonchev–Trinajstić information content (AvgIpc) is 2.67. The quantitative estimate of drug-likeness (QED) is 0.456. The standard InChI is InChI=1S/C22H30FN3O2/c1-4-24-22(25-14-13-17-5-9-19(23)10-6-17)26-15-21(27)18-7-11-20(12-8-18)28-16(2)3/h5-12,16,21,27H,4,13-15H2,1-3H3,(H2,24,25,26). The van der Waals surface area contributed by atoms with Crippen LogP contribution in [0, 0.1) is 5.82 Å². The molecule has 28 heavy (non-hydrogen) atoms. The van der Waals surface area contributed by atoms with Crippen LogP contribution in [-0.2, 0) is 6.42 Å². The molecule has 3 N–H and O–H groups in total. The van der Waals surface area contributed by atoms with Crippen molar-refractivity contribution < 1.29 is 14.2 Å². The van der Waals surface area contributed by atoms with E-state index in [1.807, 2.05) is 45.0 Å². The topological polar surface area (TPSA) is 65.9 Å². The number of hydrogen-bond donors (Lipinski definition) is 3. The Kier molecular flexibility index (Phi) is 8.75. The fraction of sp³-hybridized carbons (Fsp3) is 0.409. The first-order valence-electron chi connectivity index (χ1n) is 9.69. The van der Waals surface area contributed by atoms with E-state index in [1.165, 1.54) is 12.1 Å². The van der Waals surface area contributed by atoms with Crippen LogP contribution < -0.4 is 15.4 Å². The molecule has 1 unspecified atom stereocenters. The highest BCUT2D eigenvalue weighted by molar-refractivity contribution is 5.79. The summed E-state index contributed by atoms with van der Waals surface area (Å²) >= 11 is 0. The van der Waals surface area contributed by atoms with Gasteiger partial charge in [-0.1, -0.05) is 24.3 Å². The van der Waals surface area contributed by atoms with Gasteiger partial charge in [0.1, 0.15) is 11.6 Å². The van der Waals surface area contributed by atoms with E-state index in [-0.39, 0.29) is 18.5 Å². The fourth-order valence-corrected chi connectivity index (χ4v) is 2.64. The molecule has 1 atom stereocenters. The maximum atomic E-state index is 13.0. The zero-order valence-corrected chi connectivity index (χ0v) is 16.8. The van der Waals surface area contributed by atoms with Gasteiger partial charge in [-0.25, -0.2) is 4.39 Å². The van der Waals surface area contributed by atoms with Crippen molar-refractivity contribution >= 4 is 5.96 Å². The summed E-state index contributed by atoms with van der Waals surface area (Å²) in [5.41, 5.74) is 1.84. The van der Waals surface area contributed by atoms with Crippen molar-refractivity contribution in [1.82, 2.24) is 10.6 Å². The number of aliphatic imine (C=N–C) groups is 1. The number of aliphatic hydroxyl groups excluding tert-OH is 1. The van der Waals surface area contributed by atoms with Gasteiger partial charge < -0.3 is 20.5 Å². The lowest BCUT2D eigenvalue weighted by Gasteiger charge is -2.14. The lowest BCUT2D eigenvalue weighted by molar-refractivity contribution is 0.186. The molecule has 0 aromatic heterocycles. The fourth-order valence-electron chi connectivity index (χ4n) is 2.64. The minimum Gasteiger partial charge on any atom is -0.491 e. The Morgan fingerprint density at radius 1 is 1.07 bits per heavy atom. The molecule has 2 aromatic rings. The van der Waals surface area contributed by atoms with E-state index in [1.54, 1.807) is 12.1 Å². The van der Waals surface area contributed by atoms with Gasteiger partial charge in [0.15, 0.2) is 5.96 Å². The molecule has 6 heteroatoms. The first-order valence-corrected chi connectivity index (χ1v) is 9.69. The number of guanidine groups is 1. The van der Waals surface area contributed by atoms with Crippen LogP contribution in [0.5, 0.6) is 5.75 Å². The number of benzene rings is 2. The number of nitrogens with zero attached hydrogens (tertiary/aromatic N) is 1. The van der Waals surface area contributed by atoms with Gasteiger partial charge in [-0.3, -0.25) is 4.99 Å². The predicted molar refractivity (Wildman–Crippen MR) is 111 cm³/mol. The molecule has 152 valence electrons. The first-order chi connectivity index (χ1) is 13.5. The molecule has 2 aromatic carbocycles. The number of ether oxygens (including phenoxy) is 1. The summed E-state index contributed by atoms with van der Waals surface area (Å²) < 4.78 is 18.6. The Balaban J connectivity index is 1.87. The van der Waals surface area contributed by atoms with Gasteiger partial charge in [0.05, 0.1) is 18.8 Å². The van der Waals surface area contributed by atoms with E-state index in [0.29, 0.717) is 12.5 Å². The highest BCUT2D eigenvalue weighted by atomic mass is 19.1. The summed E-state index contributed by atoms with van der Waals surface area (Å²) in [6.07, 6.45) is 0.176. The van der Waals surface area contributed by atoms with Gasteiger partial charge in [-0.15, -0.1) is 0 Å². The Bertz CT molecular complexity index is 730. The van der Waals surface area contributed by atoms with E-state index in [0.717, 1.165) is 29.8 Å². The van der Waals surface area contributed by atoms with E-state index in [2.05, 4.69) is 15.6 Å². The van der Waals surface area contributed by atoms with Gasteiger partial charge in [0.2, 0.25) is 0 Å². The number of nitrogens with one attached hydrogen (secondary N) is 2. The number of aliphatic hydroxyl groups is 1. The van der Waals surface area contributed by atoms with E-state index in [9.17, 15) is 9.50 Å². The third-order valence-electron chi connectivity index (χ3n) is 4.02. The normalized spacial score (nSPS) is 12.7. The van der Waals surface area contributed by atoms with E-state index >= 15 is 0 Å². The van der Waals surface area contributed by atoms with Crippen LogP contribution in [0.15, 0.2) is 53.5 Å². The van der Waals surface area contributed by atoms with Gasteiger partial charge >= 0.3 is 0 Å². The first kappa shape index (κ1) is 21.7. The monoisotopic (exact) mass is 387 g/mol. The van der Waals surface area contributed by atoms with Crippen LogP contribution in [0.2, 0.25) is 0 Å². The van der Waals surface area contributed by atoms with Crippen LogP contribution >= 0.6 is 0 Å². The van der Waals surface area contributed by atoms with E-state index in [4.69, 9.17) is 4.74 Å². The molecule has 0 radical (unpaired) electrons. The smallest absolute Gasteiger partial charge is 0.191 e. The Hall–Kier alpha value is -2.60. The van der Waals surface area contributed by atoms with Crippen molar-refractivity contribution in [3.8, 4) is 5.75 Å². The molecular weight excluding hydrogens is 357 g/mol. The number of rotatable bonds is 9. The molecule has 5 nitrogen and oxygen atoms in total. The van der Waals surface area contributed by atoms with Crippen LogP contribution in [0.25, 0.3) is 0 Å². The summed E-state index contributed by atoms with van der Waals surface area (Å²) in [5, 5.41) is 16.8. The molecule has 0 heterocycles. The minimum atomic E-state index is -0.694. The summed E-state index contributed by atoms with van der Waals surface area (Å²) in [6.45, 7) is 7.57. The molecule has 0 aliphatic heterocycles. The summed E-state index contributed by atoms with van der Waals surface area (Å²) in [6, 6.07) is 13.9. The Labute approximate surface area is 166 Å². The van der Waals surface area contributed by atoms with Crippen LogP contribution in [0.3, 0.4) is 0 Å². The van der Waals surface area contributed by atoms with Crippen molar-refractivity contribution in [2.45, 2.75) is 39.4 Å². The van der Waals surface area contributed by atoms with Gasteiger partial charge in [0.25, 0.3) is 0 Å². The van der Waals surface area contributed by atoms with Crippen molar-refractivity contribution in [2.24, 2.45) is 4.99 Å². The second kappa shape index (κ2) is 11.3. The molecule has 0 saturated carbocycles. The number of hydrogen-bond acceptors (Lipinski definition) is 3. The van der Waals surface area contributed by atoms with Crippen molar-refractivity contribution in [1.29, 1.82) is 0 Å². The summed E-state index contributed by atoms with van der Waals surface area (Å²) in [7, 11) is 0. The molecule has 0 amide bonds. The van der Waals surface area contributed by atoms with E-state index < -0.39 is 6.10 Å². The molecule has 0 saturated heterocycles. The summed E-state index contributed by atoms with van der Waals surface area (Å²) in [4.78, 5) is 4.46. The van der Waals surface area contributed by atoms with Gasteiger partial charge in [-0.05, 0) is 62.6 Å². The lowest BCUT2D eigenvalue weighted by Crippen LogP contribution is -2.38. The largest absolute Gasteiger partial charge is 0.491 e. The Morgan fingerprint density at radius 3 is 2.36 bits per heavy atom. The third-order valence-corrected chi connectivity index (χ3v) is 4.02. The molecular formula is C22H30FN3O2. The highest BCUT2D eigenvalue weighted by Crippen LogP contribution is 2.19. The lowest BCUT2D eigenvalue weighted by atomic mass is 10.1. The zero-order chi connectivity index (χ0) is 20.4. The van der Waals surface area contributed by atoms with Crippen LogP contribution in [0.1, 0.15) is 38.0 Å². The predicted octanol–water partition coefficient (Wildman–Crippen LogP) is 3.44. The maximum absolute atomic E-state index is 13.0. The van der Waals surface area contributed by atoms with Crippen LogP contribution in [0.4, 0.5) is 4.39 Å². The average molecular weight is 387 g/mol.